The van der Waals surface area contributed by atoms with Crippen molar-refractivity contribution in [2.75, 3.05) is 31.0 Å². The van der Waals surface area contributed by atoms with E-state index in [1.165, 1.54) is 7.11 Å². The Morgan fingerprint density at radius 2 is 1.68 bits per heavy atom. The Kier molecular flexibility index (Phi) is 5.70. The summed E-state index contributed by atoms with van der Waals surface area (Å²) in [5.41, 5.74) is 3.74. The number of carbonyl (C=O) groups is 2. The van der Waals surface area contributed by atoms with E-state index < -0.39 is 5.97 Å². The SMILES string of the molecule is COC(=O)C1=C(C)N(c2ccc(Br)cc2)C(=O)/C1=C\c1ccc(N(C)C)cc1. The molecule has 2 aromatic carbocycles. The summed E-state index contributed by atoms with van der Waals surface area (Å²) in [5, 5.41) is 0. The molecule has 2 aromatic rings. The highest BCUT2D eigenvalue weighted by molar-refractivity contribution is 9.10. The molecule has 0 fully saturated rings. The predicted molar refractivity (Wildman–Crippen MR) is 115 cm³/mol. The minimum atomic E-state index is -0.526. The molecule has 144 valence electrons. The van der Waals surface area contributed by atoms with Gasteiger partial charge in [-0.25, -0.2) is 4.79 Å². The first-order valence-corrected chi connectivity index (χ1v) is 9.51. The number of allylic oxidation sites excluding steroid dienone is 1. The number of rotatable bonds is 4. The van der Waals surface area contributed by atoms with Crippen LogP contribution in [0.4, 0.5) is 11.4 Å². The highest BCUT2D eigenvalue weighted by Crippen LogP contribution is 2.35. The van der Waals surface area contributed by atoms with E-state index in [9.17, 15) is 9.59 Å². The number of halogens is 1. The molecule has 1 amide bonds. The highest BCUT2D eigenvalue weighted by atomic mass is 79.9. The van der Waals surface area contributed by atoms with Crippen molar-refractivity contribution >= 4 is 45.3 Å². The van der Waals surface area contributed by atoms with Crippen molar-refractivity contribution in [1.82, 2.24) is 0 Å². The van der Waals surface area contributed by atoms with Gasteiger partial charge in [0.25, 0.3) is 5.91 Å². The Bertz CT molecular complexity index is 974. The molecule has 0 saturated carbocycles. The van der Waals surface area contributed by atoms with Crippen molar-refractivity contribution in [3.63, 3.8) is 0 Å². The molecule has 0 atom stereocenters. The molecule has 0 N–H and O–H groups in total. The highest BCUT2D eigenvalue weighted by Gasteiger charge is 2.37. The maximum atomic E-state index is 13.2. The Labute approximate surface area is 173 Å². The maximum Gasteiger partial charge on any atom is 0.340 e. The second kappa shape index (κ2) is 8.02. The van der Waals surface area contributed by atoms with Crippen LogP contribution in [0.25, 0.3) is 6.08 Å². The van der Waals surface area contributed by atoms with E-state index in [1.54, 1.807) is 17.9 Å². The predicted octanol–water partition coefficient (Wildman–Crippen LogP) is 4.39. The van der Waals surface area contributed by atoms with Gasteiger partial charge in [-0.2, -0.15) is 0 Å². The van der Waals surface area contributed by atoms with Crippen LogP contribution in [0.1, 0.15) is 12.5 Å². The summed E-state index contributed by atoms with van der Waals surface area (Å²) < 4.78 is 5.86. The van der Waals surface area contributed by atoms with Gasteiger partial charge in [0.1, 0.15) is 0 Å². The minimum Gasteiger partial charge on any atom is -0.465 e. The number of hydrogen-bond donors (Lipinski definition) is 0. The molecule has 3 rings (SSSR count). The summed E-state index contributed by atoms with van der Waals surface area (Å²) in [6.07, 6.45) is 1.73. The number of esters is 1. The number of ether oxygens (including phenoxy) is 1. The van der Waals surface area contributed by atoms with Gasteiger partial charge >= 0.3 is 5.97 Å². The summed E-state index contributed by atoms with van der Waals surface area (Å²) in [7, 11) is 5.25. The molecular formula is C22H21BrN2O3. The molecule has 0 radical (unpaired) electrons. The quantitative estimate of drug-likeness (QED) is 0.522. The van der Waals surface area contributed by atoms with Crippen molar-refractivity contribution < 1.29 is 14.3 Å². The maximum absolute atomic E-state index is 13.2. The Balaban J connectivity index is 2.07. The molecule has 1 aliphatic rings. The number of amides is 1. The van der Waals surface area contributed by atoms with Crippen molar-refractivity contribution in [3.05, 3.63) is 75.4 Å². The Morgan fingerprint density at radius 3 is 2.21 bits per heavy atom. The Morgan fingerprint density at radius 1 is 1.07 bits per heavy atom. The van der Waals surface area contributed by atoms with Crippen molar-refractivity contribution in [1.29, 1.82) is 0 Å². The molecular weight excluding hydrogens is 420 g/mol. The molecule has 1 heterocycles. The van der Waals surface area contributed by atoms with Gasteiger partial charge in [0.15, 0.2) is 0 Å². The summed E-state index contributed by atoms with van der Waals surface area (Å²) in [6.45, 7) is 1.75. The van der Waals surface area contributed by atoms with Gasteiger partial charge in [0, 0.05) is 35.6 Å². The van der Waals surface area contributed by atoms with Gasteiger partial charge in [-0.15, -0.1) is 0 Å². The average Bonchev–Trinajstić information content (AvgIpc) is 2.92. The van der Waals surface area contributed by atoms with Gasteiger partial charge in [0.2, 0.25) is 0 Å². The van der Waals surface area contributed by atoms with Gasteiger partial charge in [0.05, 0.1) is 18.3 Å². The lowest BCUT2D eigenvalue weighted by molar-refractivity contribution is -0.136. The fraction of sp³-hybridized carbons (Fsp3) is 0.182. The first-order chi connectivity index (χ1) is 13.3. The number of nitrogens with zero attached hydrogens (tertiary/aromatic N) is 2. The fourth-order valence-corrected chi connectivity index (χ4v) is 3.38. The van der Waals surface area contributed by atoms with E-state index in [0.717, 1.165) is 15.7 Å². The molecule has 0 aromatic heterocycles. The van der Waals surface area contributed by atoms with Crippen molar-refractivity contribution in [2.45, 2.75) is 6.92 Å². The van der Waals surface area contributed by atoms with Crippen LogP contribution in [0.2, 0.25) is 0 Å². The minimum absolute atomic E-state index is 0.253. The van der Waals surface area contributed by atoms with Gasteiger partial charge < -0.3 is 9.64 Å². The lowest BCUT2D eigenvalue weighted by Gasteiger charge is -2.18. The fourth-order valence-electron chi connectivity index (χ4n) is 3.12. The number of benzene rings is 2. The third-order valence-corrected chi connectivity index (χ3v) is 5.12. The molecule has 0 aliphatic carbocycles. The van der Waals surface area contributed by atoms with Gasteiger partial charge in [-0.05, 0) is 55.0 Å². The number of carbonyl (C=O) groups excluding carboxylic acids is 2. The third kappa shape index (κ3) is 3.73. The van der Waals surface area contributed by atoms with Crippen LogP contribution in [0.3, 0.4) is 0 Å². The summed E-state index contributed by atoms with van der Waals surface area (Å²) in [6, 6.07) is 15.1. The van der Waals surface area contributed by atoms with Crippen LogP contribution in [0.5, 0.6) is 0 Å². The lowest BCUT2D eigenvalue weighted by Crippen LogP contribution is -2.24. The molecule has 0 unspecified atom stereocenters. The molecule has 6 heteroatoms. The molecule has 0 spiro atoms. The van der Waals surface area contributed by atoms with E-state index in [4.69, 9.17) is 4.74 Å². The van der Waals surface area contributed by atoms with Gasteiger partial charge in [-0.3, -0.25) is 9.69 Å². The normalized spacial score (nSPS) is 15.4. The van der Waals surface area contributed by atoms with Crippen LogP contribution in [0, 0.1) is 0 Å². The van der Waals surface area contributed by atoms with E-state index >= 15 is 0 Å². The summed E-state index contributed by atoms with van der Waals surface area (Å²) in [5.74, 6) is -0.779. The van der Waals surface area contributed by atoms with Crippen LogP contribution < -0.4 is 9.80 Å². The smallest absolute Gasteiger partial charge is 0.340 e. The zero-order valence-corrected chi connectivity index (χ0v) is 17.8. The topological polar surface area (TPSA) is 49.9 Å². The monoisotopic (exact) mass is 440 g/mol. The van der Waals surface area contributed by atoms with E-state index in [0.29, 0.717) is 17.0 Å². The molecule has 0 saturated heterocycles. The van der Waals surface area contributed by atoms with Crippen LogP contribution in [0.15, 0.2) is 69.8 Å². The average molecular weight is 441 g/mol. The standard InChI is InChI=1S/C22H21BrN2O3/c1-14-20(22(27)28-4)19(13-15-5-9-17(10-6-15)24(2)3)21(26)25(14)18-11-7-16(23)8-12-18/h5-13H,1-4H3/b19-13-. The zero-order valence-electron chi connectivity index (χ0n) is 16.2. The number of methoxy groups -OCH3 is 1. The second-order valence-corrected chi connectivity index (χ2v) is 7.53. The zero-order chi connectivity index (χ0) is 20.4. The lowest BCUT2D eigenvalue weighted by atomic mass is 10.0. The first kappa shape index (κ1) is 19.9. The summed E-state index contributed by atoms with van der Waals surface area (Å²) in [4.78, 5) is 29.2. The number of anilines is 2. The molecule has 5 nitrogen and oxygen atoms in total. The molecule has 1 aliphatic heterocycles. The molecule has 28 heavy (non-hydrogen) atoms. The largest absolute Gasteiger partial charge is 0.465 e. The van der Waals surface area contributed by atoms with E-state index in [-0.39, 0.29) is 11.5 Å². The van der Waals surface area contributed by atoms with Crippen LogP contribution in [-0.4, -0.2) is 33.1 Å². The summed E-state index contributed by atoms with van der Waals surface area (Å²) >= 11 is 3.40. The Hall–Kier alpha value is -2.86. The van der Waals surface area contributed by atoms with Gasteiger partial charge in [-0.1, -0.05) is 28.1 Å². The van der Waals surface area contributed by atoms with Crippen molar-refractivity contribution in [2.24, 2.45) is 0 Å². The first-order valence-electron chi connectivity index (χ1n) is 8.72. The molecule has 0 bridgehead atoms. The van der Waals surface area contributed by atoms with E-state index in [2.05, 4.69) is 15.9 Å². The number of hydrogen-bond acceptors (Lipinski definition) is 4. The van der Waals surface area contributed by atoms with Crippen molar-refractivity contribution in [3.8, 4) is 0 Å². The van der Waals surface area contributed by atoms with E-state index in [1.807, 2.05) is 67.5 Å². The second-order valence-electron chi connectivity index (χ2n) is 6.61. The third-order valence-electron chi connectivity index (χ3n) is 4.59. The van der Waals surface area contributed by atoms with Crippen LogP contribution in [-0.2, 0) is 14.3 Å². The van der Waals surface area contributed by atoms with Crippen LogP contribution >= 0.6 is 15.9 Å².